The first-order valence-electron chi connectivity index (χ1n) is 7.65. The summed E-state index contributed by atoms with van der Waals surface area (Å²) in [6.45, 7) is 6.17. The lowest BCUT2D eigenvalue weighted by atomic mass is 10.1. The van der Waals surface area contributed by atoms with E-state index in [0.29, 0.717) is 0 Å². The molecule has 0 amide bonds. The molecule has 17 heavy (non-hydrogen) atoms. The molecular formula is C15H33NO. The number of hydrogen-bond acceptors (Lipinski definition) is 2. The molecule has 2 nitrogen and oxygen atoms in total. The van der Waals surface area contributed by atoms with Gasteiger partial charge in [0.2, 0.25) is 0 Å². The Bertz CT molecular complexity index is 139. The van der Waals surface area contributed by atoms with Gasteiger partial charge in [0.25, 0.3) is 0 Å². The molecule has 0 atom stereocenters. The molecule has 0 aliphatic heterocycles. The quantitative estimate of drug-likeness (QED) is 0.340. The number of hydrogen-bond donors (Lipinski definition) is 0. The van der Waals surface area contributed by atoms with E-state index in [4.69, 9.17) is 4.84 Å². The van der Waals surface area contributed by atoms with Gasteiger partial charge in [-0.15, -0.1) is 0 Å². The van der Waals surface area contributed by atoms with E-state index < -0.39 is 0 Å². The lowest BCUT2D eigenvalue weighted by Gasteiger charge is -2.14. The Morgan fingerprint density at radius 3 is 1.65 bits per heavy atom. The van der Waals surface area contributed by atoms with Crippen LogP contribution in [0, 0.1) is 0 Å². The van der Waals surface area contributed by atoms with E-state index in [1.807, 2.05) is 19.0 Å². The van der Waals surface area contributed by atoms with Gasteiger partial charge in [0, 0.05) is 13.6 Å². The highest BCUT2D eigenvalue weighted by molar-refractivity contribution is 4.48. The zero-order chi connectivity index (χ0) is 12.8. The van der Waals surface area contributed by atoms with Gasteiger partial charge in [0.1, 0.15) is 0 Å². The van der Waals surface area contributed by atoms with E-state index in [0.717, 1.165) is 13.2 Å². The van der Waals surface area contributed by atoms with Crippen LogP contribution in [-0.2, 0) is 4.84 Å². The lowest BCUT2D eigenvalue weighted by molar-refractivity contribution is -0.135. The summed E-state index contributed by atoms with van der Waals surface area (Å²) in [7, 11) is 2.03. The van der Waals surface area contributed by atoms with Crippen molar-refractivity contribution in [3.8, 4) is 0 Å². The van der Waals surface area contributed by atoms with Crippen LogP contribution in [0.2, 0.25) is 0 Å². The van der Waals surface area contributed by atoms with Crippen molar-refractivity contribution < 1.29 is 4.84 Å². The molecular weight excluding hydrogens is 210 g/mol. The van der Waals surface area contributed by atoms with Crippen molar-refractivity contribution in [1.82, 2.24) is 5.06 Å². The summed E-state index contributed by atoms with van der Waals surface area (Å²) in [4.78, 5) is 5.36. The van der Waals surface area contributed by atoms with Gasteiger partial charge in [-0.05, 0) is 13.3 Å². The molecule has 104 valence electrons. The first kappa shape index (κ1) is 16.9. The fraction of sp³-hybridized carbons (Fsp3) is 1.00. The molecule has 0 radical (unpaired) electrons. The normalized spacial score (nSPS) is 11.3. The molecule has 0 aromatic rings. The van der Waals surface area contributed by atoms with Crippen LogP contribution >= 0.6 is 0 Å². The van der Waals surface area contributed by atoms with E-state index in [1.165, 1.54) is 64.2 Å². The smallest absolute Gasteiger partial charge is 0.0656 e. The first-order chi connectivity index (χ1) is 8.31. The van der Waals surface area contributed by atoms with Crippen LogP contribution < -0.4 is 0 Å². The molecule has 0 saturated heterocycles. The topological polar surface area (TPSA) is 12.5 Å². The Balaban J connectivity index is 2.98. The molecule has 0 aliphatic rings. The molecule has 0 N–H and O–H groups in total. The number of unbranched alkanes of at least 4 members (excludes halogenated alkanes) is 9. The molecule has 0 rings (SSSR count). The second kappa shape index (κ2) is 14.0. The zero-order valence-corrected chi connectivity index (χ0v) is 12.3. The average molecular weight is 243 g/mol. The highest BCUT2D eigenvalue weighted by atomic mass is 16.7. The van der Waals surface area contributed by atoms with Crippen LogP contribution in [0.3, 0.4) is 0 Å². The second-order valence-electron chi connectivity index (χ2n) is 4.95. The fourth-order valence-electron chi connectivity index (χ4n) is 2.11. The van der Waals surface area contributed by atoms with Gasteiger partial charge < -0.3 is 0 Å². The number of nitrogens with zero attached hydrogens (tertiary/aromatic N) is 1. The standard InChI is InChI=1S/C15H33NO/c1-4-6-7-8-9-10-11-12-13-14-15-16(3)17-5-2/h4-15H2,1-3H3. The van der Waals surface area contributed by atoms with Gasteiger partial charge in [-0.2, -0.15) is 5.06 Å². The fourth-order valence-corrected chi connectivity index (χ4v) is 2.11. The maximum Gasteiger partial charge on any atom is 0.0656 e. The van der Waals surface area contributed by atoms with E-state index in [1.54, 1.807) is 0 Å². The number of rotatable bonds is 13. The van der Waals surface area contributed by atoms with Gasteiger partial charge >= 0.3 is 0 Å². The summed E-state index contributed by atoms with van der Waals surface area (Å²) in [5, 5.41) is 1.96. The maximum absolute atomic E-state index is 5.36. The van der Waals surface area contributed by atoms with E-state index in [9.17, 15) is 0 Å². The minimum Gasteiger partial charge on any atom is -0.300 e. The van der Waals surface area contributed by atoms with E-state index in [-0.39, 0.29) is 0 Å². The van der Waals surface area contributed by atoms with Crippen molar-refractivity contribution >= 4 is 0 Å². The predicted octanol–water partition coefficient (Wildman–Crippen LogP) is 4.79. The Labute approximate surface area is 109 Å². The van der Waals surface area contributed by atoms with Gasteiger partial charge in [0.05, 0.1) is 6.61 Å². The Hall–Kier alpha value is -0.0800. The van der Waals surface area contributed by atoms with Crippen LogP contribution in [0.1, 0.15) is 78.1 Å². The molecule has 0 fully saturated rings. The summed E-state index contributed by atoms with van der Waals surface area (Å²) in [5.74, 6) is 0. The molecule has 0 aliphatic carbocycles. The minimum atomic E-state index is 0.786. The van der Waals surface area contributed by atoms with Crippen LogP contribution in [0.15, 0.2) is 0 Å². The Kier molecular flexibility index (Phi) is 13.9. The Morgan fingerprint density at radius 2 is 1.18 bits per heavy atom. The van der Waals surface area contributed by atoms with Crippen molar-refractivity contribution in [3.63, 3.8) is 0 Å². The van der Waals surface area contributed by atoms with Gasteiger partial charge in [0.15, 0.2) is 0 Å². The average Bonchev–Trinajstić information content (AvgIpc) is 2.32. The highest BCUT2D eigenvalue weighted by Crippen LogP contribution is 2.10. The SMILES string of the molecule is CCCCCCCCCCCCN(C)OCC. The van der Waals surface area contributed by atoms with Crippen LogP contribution in [-0.4, -0.2) is 25.3 Å². The van der Waals surface area contributed by atoms with Crippen molar-refractivity contribution in [3.05, 3.63) is 0 Å². The predicted molar refractivity (Wildman–Crippen MR) is 76.1 cm³/mol. The van der Waals surface area contributed by atoms with Gasteiger partial charge in [-0.1, -0.05) is 64.7 Å². The molecule has 0 heterocycles. The largest absolute Gasteiger partial charge is 0.300 e. The lowest BCUT2D eigenvalue weighted by Crippen LogP contribution is -2.19. The zero-order valence-electron chi connectivity index (χ0n) is 12.3. The third-order valence-electron chi connectivity index (χ3n) is 3.18. The van der Waals surface area contributed by atoms with Crippen molar-refractivity contribution in [2.24, 2.45) is 0 Å². The van der Waals surface area contributed by atoms with Crippen LogP contribution in [0.25, 0.3) is 0 Å². The van der Waals surface area contributed by atoms with Crippen LogP contribution in [0.5, 0.6) is 0 Å². The molecule has 0 unspecified atom stereocenters. The highest BCUT2D eigenvalue weighted by Gasteiger charge is 1.96. The Morgan fingerprint density at radius 1 is 0.706 bits per heavy atom. The van der Waals surface area contributed by atoms with E-state index >= 15 is 0 Å². The first-order valence-corrected chi connectivity index (χ1v) is 7.65. The van der Waals surface area contributed by atoms with Gasteiger partial charge in [-0.25, -0.2) is 0 Å². The van der Waals surface area contributed by atoms with Crippen LogP contribution in [0.4, 0.5) is 0 Å². The molecule has 0 saturated carbocycles. The van der Waals surface area contributed by atoms with Crippen molar-refractivity contribution in [2.45, 2.75) is 78.1 Å². The summed E-state index contributed by atoms with van der Waals surface area (Å²) < 4.78 is 0. The monoisotopic (exact) mass is 243 g/mol. The summed E-state index contributed by atoms with van der Waals surface area (Å²) in [5.41, 5.74) is 0. The molecule has 0 aromatic carbocycles. The summed E-state index contributed by atoms with van der Waals surface area (Å²) in [6.07, 6.45) is 14.0. The van der Waals surface area contributed by atoms with Crippen molar-refractivity contribution in [2.75, 3.05) is 20.2 Å². The minimum absolute atomic E-state index is 0.786. The molecule has 0 aromatic heterocycles. The molecule has 0 bridgehead atoms. The van der Waals surface area contributed by atoms with Crippen molar-refractivity contribution in [1.29, 1.82) is 0 Å². The third-order valence-corrected chi connectivity index (χ3v) is 3.18. The third kappa shape index (κ3) is 13.9. The van der Waals surface area contributed by atoms with E-state index in [2.05, 4.69) is 6.92 Å². The summed E-state index contributed by atoms with van der Waals surface area (Å²) >= 11 is 0. The summed E-state index contributed by atoms with van der Waals surface area (Å²) in [6, 6.07) is 0. The number of hydroxylamine groups is 2. The van der Waals surface area contributed by atoms with Gasteiger partial charge in [-0.3, -0.25) is 4.84 Å². The maximum atomic E-state index is 5.36. The second-order valence-corrected chi connectivity index (χ2v) is 4.95. The molecule has 2 heteroatoms. The molecule has 0 spiro atoms.